The lowest BCUT2D eigenvalue weighted by atomic mass is 10.1. The Morgan fingerprint density at radius 3 is 3.00 bits per heavy atom. The molecule has 90 valence electrons. The predicted molar refractivity (Wildman–Crippen MR) is 69.1 cm³/mol. The summed E-state index contributed by atoms with van der Waals surface area (Å²) in [5.74, 6) is 2.33. The maximum absolute atomic E-state index is 9.00. The van der Waals surface area contributed by atoms with Crippen LogP contribution in [0.2, 0.25) is 0 Å². The minimum absolute atomic E-state index is 0.596. The van der Waals surface area contributed by atoms with Crippen LogP contribution in [-0.4, -0.2) is 15.2 Å². The maximum atomic E-state index is 9.00. The number of nitriles is 1. The van der Waals surface area contributed by atoms with Gasteiger partial charge in [0.15, 0.2) is 0 Å². The van der Waals surface area contributed by atoms with Gasteiger partial charge < -0.3 is 0 Å². The molecule has 18 heavy (non-hydrogen) atoms. The van der Waals surface area contributed by atoms with Crippen LogP contribution in [0.4, 0.5) is 0 Å². The summed E-state index contributed by atoms with van der Waals surface area (Å²) >= 11 is 1.56. The first-order valence-electron chi connectivity index (χ1n) is 5.90. The van der Waals surface area contributed by atoms with Gasteiger partial charge in [-0.05, 0) is 24.5 Å². The zero-order chi connectivity index (χ0) is 12.4. The first-order valence-corrected chi connectivity index (χ1v) is 6.88. The van der Waals surface area contributed by atoms with E-state index in [0.29, 0.717) is 5.92 Å². The number of hydrogen-bond acceptors (Lipinski definition) is 4. The first kappa shape index (κ1) is 11.3. The van der Waals surface area contributed by atoms with Crippen LogP contribution in [0.3, 0.4) is 0 Å². The Balaban J connectivity index is 1.68. The van der Waals surface area contributed by atoms with Gasteiger partial charge >= 0.3 is 0 Å². The topological polar surface area (TPSA) is 65.4 Å². The number of benzene rings is 1. The summed E-state index contributed by atoms with van der Waals surface area (Å²) in [5, 5.41) is 16.9. The van der Waals surface area contributed by atoms with Crippen molar-refractivity contribution in [2.24, 2.45) is 0 Å². The number of thioether (sulfide) groups is 1. The molecular weight excluding hydrogens is 244 g/mol. The number of rotatable bonds is 4. The minimum atomic E-state index is 0.596. The molecule has 0 atom stereocenters. The van der Waals surface area contributed by atoms with Gasteiger partial charge in [-0.15, -0.1) is 5.10 Å². The fourth-order valence-corrected chi connectivity index (χ4v) is 2.57. The van der Waals surface area contributed by atoms with E-state index in [-0.39, 0.29) is 0 Å². The van der Waals surface area contributed by atoms with E-state index in [9.17, 15) is 0 Å². The molecule has 1 saturated carbocycles. The highest BCUT2D eigenvalue weighted by Gasteiger charge is 2.27. The van der Waals surface area contributed by atoms with Crippen molar-refractivity contribution in [3.05, 3.63) is 41.2 Å². The molecule has 0 spiro atoms. The molecule has 1 N–H and O–H groups in total. The smallest absolute Gasteiger partial charge is 0.208 e. The molecule has 1 heterocycles. The Bertz CT molecular complexity index is 595. The van der Waals surface area contributed by atoms with Crippen molar-refractivity contribution in [2.75, 3.05) is 0 Å². The van der Waals surface area contributed by atoms with Crippen molar-refractivity contribution in [3.8, 4) is 6.07 Å². The lowest BCUT2D eigenvalue weighted by molar-refractivity contribution is 0.932. The second-order valence-corrected chi connectivity index (χ2v) is 5.28. The van der Waals surface area contributed by atoms with E-state index in [1.807, 2.05) is 24.3 Å². The Kier molecular flexibility index (Phi) is 3.03. The van der Waals surface area contributed by atoms with Crippen LogP contribution < -0.4 is 0 Å². The molecule has 0 saturated heterocycles. The zero-order valence-electron chi connectivity index (χ0n) is 9.76. The van der Waals surface area contributed by atoms with E-state index in [1.54, 1.807) is 11.8 Å². The van der Waals surface area contributed by atoms with Crippen molar-refractivity contribution in [3.63, 3.8) is 0 Å². The highest BCUT2D eigenvalue weighted by molar-refractivity contribution is 7.98. The largest absolute Gasteiger partial charge is 0.262 e. The van der Waals surface area contributed by atoms with Crippen molar-refractivity contribution >= 4 is 11.8 Å². The zero-order valence-corrected chi connectivity index (χ0v) is 10.6. The van der Waals surface area contributed by atoms with Gasteiger partial charge in [0.2, 0.25) is 5.16 Å². The Morgan fingerprint density at radius 2 is 2.22 bits per heavy atom. The molecule has 0 unspecified atom stereocenters. The van der Waals surface area contributed by atoms with Gasteiger partial charge in [0.25, 0.3) is 0 Å². The van der Waals surface area contributed by atoms with Gasteiger partial charge in [0, 0.05) is 11.7 Å². The van der Waals surface area contributed by atoms with Gasteiger partial charge in [-0.2, -0.15) is 5.26 Å². The molecule has 5 heteroatoms. The number of nitrogens with zero attached hydrogens (tertiary/aromatic N) is 3. The average molecular weight is 256 g/mol. The SMILES string of the molecule is N#Cc1ccccc1CSc1n[nH]c(C2CC2)n1. The fourth-order valence-electron chi connectivity index (χ4n) is 1.76. The number of hydrogen-bond donors (Lipinski definition) is 1. The predicted octanol–water partition coefficient (Wildman–Crippen LogP) is 2.85. The summed E-state index contributed by atoms with van der Waals surface area (Å²) in [6.07, 6.45) is 2.44. The van der Waals surface area contributed by atoms with E-state index >= 15 is 0 Å². The first-order chi connectivity index (χ1) is 8.86. The van der Waals surface area contributed by atoms with Gasteiger partial charge in [-0.25, -0.2) is 4.98 Å². The molecule has 4 nitrogen and oxygen atoms in total. The average Bonchev–Trinajstić information content (AvgIpc) is 3.16. The van der Waals surface area contributed by atoms with Gasteiger partial charge in [-0.1, -0.05) is 30.0 Å². The number of nitrogens with one attached hydrogen (secondary N) is 1. The molecule has 1 aliphatic carbocycles. The Morgan fingerprint density at radius 1 is 1.39 bits per heavy atom. The molecule has 1 aromatic carbocycles. The molecule has 0 radical (unpaired) electrons. The van der Waals surface area contributed by atoms with Crippen LogP contribution in [0, 0.1) is 11.3 Å². The number of aromatic nitrogens is 3. The Hall–Kier alpha value is -1.80. The fraction of sp³-hybridized carbons (Fsp3) is 0.308. The number of H-pyrrole nitrogens is 1. The maximum Gasteiger partial charge on any atom is 0.208 e. The quantitative estimate of drug-likeness (QED) is 0.854. The molecule has 1 fully saturated rings. The van der Waals surface area contributed by atoms with Crippen LogP contribution in [-0.2, 0) is 5.75 Å². The second kappa shape index (κ2) is 4.83. The summed E-state index contributed by atoms with van der Waals surface area (Å²) in [4.78, 5) is 4.46. The van der Waals surface area contributed by atoms with E-state index in [2.05, 4.69) is 21.3 Å². The summed E-state index contributed by atoms with van der Waals surface area (Å²) in [6.45, 7) is 0. The summed E-state index contributed by atoms with van der Waals surface area (Å²) in [7, 11) is 0. The van der Waals surface area contributed by atoms with Gasteiger partial charge in [0.05, 0.1) is 11.6 Å². The highest BCUT2D eigenvalue weighted by atomic mass is 32.2. The summed E-state index contributed by atoms with van der Waals surface area (Å²) < 4.78 is 0. The third kappa shape index (κ3) is 2.39. The van der Waals surface area contributed by atoms with Crippen molar-refractivity contribution in [1.29, 1.82) is 5.26 Å². The summed E-state index contributed by atoms with van der Waals surface area (Å²) in [5.41, 5.74) is 1.76. The van der Waals surface area contributed by atoms with Crippen LogP contribution in [0.15, 0.2) is 29.4 Å². The lowest BCUT2D eigenvalue weighted by Crippen LogP contribution is -1.87. The normalized spacial score (nSPS) is 14.4. The molecule has 0 bridgehead atoms. The highest BCUT2D eigenvalue weighted by Crippen LogP contribution is 2.38. The molecule has 2 aromatic rings. The van der Waals surface area contributed by atoms with Crippen LogP contribution in [0.25, 0.3) is 0 Å². The molecule has 3 rings (SSSR count). The molecular formula is C13H12N4S. The summed E-state index contributed by atoms with van der Waals surface area (Å²) in [6, 6.07) is 9.84. The minimum Gasteiger partial charge on any atom is -0.262 e. The molecule has 0 amide bonds. The van der Waals surface area contributed by atoms with E-state index in [1.165, 1.54) is 12.8 Å². The van der Waals surface area contributed by atoms with Crippen LogP contribution >= 0.6 is 11.8 Å². The third-order valence-electron chi connectivity index (χ3n) is 2.94. The van der Waals surface area contributed by atoms with Gasteiger partial charge in [0.1, 0.15) is 5.82 Å². The molecule has 1 aliphatic rings. The standard InChI is InChI=1S/C13H12N4S/c14-7-10-3-1-2-4-11(10)8-18-13-15-12(16-17-13)9-5-6-9/h1-4,9H,5-6,8H2,(H,15,16,17). The lowest BCUT2D eigenvalue weighted by Gasteiger charge is -2.00. The van der Waals surface area contributed by atoms with Crippen molar-refractivity contribution in [1.82, 2.24) is 15.2 Å². The Labute approximate surface area is 109 Å². The van der Waals surface area contributed by atoms with Crippen molar-refractivity contribution < 1.29 is 0 Å². The second-order valence-electron chi connectivity index (χ2n) is 4.34. The number of aromatic amines is 1. The van der Waals surface area contributed by atoms with Crippen LogP contribution in [0.1, 0.15) is 35.7 Å². The van der Waals surface area contributed by atoms with Crippen molar-refractivity contribution in [2.45, 2.75) is 29.7 Å². The molecule has 1 aromatic heterocycles. The van der Waals surface area contributed by atoms with E-state index in [0.717, 1.165) is 27.9 Å². The monoisotopic (exact) mass is 256 g/mol. The molecule has 0 aliphatic heterocycles. The van der Waals surface area contributed by atoms with Gasteiger partial charge in [-0.3, -0.25) is 5.10 Å². The van der Waals surface area contributed by atoms with Crippen LogP contribution in [0.5, 0.6) is 0 Å². The third-order valence-corrected chi connectivity index (χ3v) is 3.84. The van der Waals surface area contributed by atoms with E-state index in [4.69, 9.17) is 5.26 Å². The van der Waals surface area contributed by atoms with E-state index < -0.39 is 0 Å².